The van der Waals surface area contributed by atoms with E-state index < -0.39 is 19.8 Å². The van der Waals surface area contributed by atoms with Crippen LogP contribution in [0.5, 0.6) is 0 Å². The molecule has 4 heteroatoms. The van der Waals surface area contributed by atoms with Crippen molar-refractivity contribution in [2.45, 2.75) is 32.3 Å². The molecular weight excluding hydrogens is 184 g/mol. The van der Waals surface area contributed by atoms with Crippen LogP contribution < -0.4 is 0 Å². The summed E-state index contributed by atoms with van der Waals surface area (Å²) in [6.45, 7) is 11.2. The van der Waals surface area contributed by atoms with E-state index in [-0.39, 0.29) is 6.61 Å². The molecule has 0 aliphatic rings. The highest BCUT2D eigenvalue weighted by atomic mass is 28.3. The summed E-state index contributed by atoms with van der Waals surface area (Å²) in [5, 5.41) is 9.57. The molecule has 0 aliphatic carbocycles. The minimum atomic E-state index is -1.61. The Kier molecular flexibility index (Phi) is 4.36. The highest BCUT2D eigenvalue weighted by molar-refractivity contribution is 6.77. The molecule has 0 spiro atoms. The average Bonchev–Trinajstić information content (AvgIpc) is 1.97. The highest BCUT2D eigenvalue weighted by Gasteiger charge is 2.25. The van der Waals surface area contributed by atoms with Crippen LogP contribution >= 0.6 is 0 Å². The Morgan fingerprint density at radius 2 is 2.00 bits per heavy atom. The monoisotopic (exact) mass is 202 g/mol. The van der Waals surface area contributed by atoms with E-state index in [0.29, 0.717) is 5.57 Å². The first-order valence-corrected chi connectivity index (χ1v) is 7.83. The number of hydrogen-bond donors (Lipinski definition) is 1. The Morgan fingerprint density at radius 1 is 1.54 bits per heavy atom. The predicted octanol–water partition coefficient (Wildman–Crippen LogP) is 1.34. The average molecular weight is 202 g/mol. The quantitative estimate of drug-likeness (QED) is 0.425. The van der Waals surface area contributed by atoms with Crippen molar-refractivity contribution in [1.29, 1.82) is 0 Å². The Labute approximate surface area is 80.4 Å². The minimum absolute atomic E-state index is 0.0847. The van der Waals surface area contributed by atoms with E-state index in [1.807, 2.05) is 19.6 Å². The van der Waals surface area contributed by atoms with E-state index in [0.717, 1.165) is 0 Å². The second-order valence-electron chi connectivity index (χ2n) is 4.26. The third kappa shape index (κ3) is 4.85. The number of carbonyl (C=O) groups excluding carboxylic acids is 1. The molecular formula is C9H18O3Si. The predicted molar refractivity (Wildman–Crippen MR) is 55.1 cm³/mol. The molecule has 0 saturated heterocycles. The number of esters is 1. The van der Waals surface area contributed by atoms with Crippen molar-refractivity contribution >= 4 is 14.0 Å². The molecule has 1 N–H and O–H groups in total. The molecule has 0 fully saturated rings. The molecule has 0 aromatic rings. The van der Waals surface area contributed by atoms with E-state index in [4.69, 9.17) is 4.74 Å². The second-order valence-corrected chi connectivity index (χ2v) is 9.66. The van der Waals surface area contributed by atoms with E-state index in [2.05, 4.69) is 6.58 Å². The SMILES string of the molecule is C=C(C)C(=O)OCC(O)[Si](C)(C)C. The molecule has 0 amide bonds. The van der Waals surface area contributed by atoms with Gasteiger partial charge in [-0.3, -0.25) is 0 Å². The fourth-order valence-corrected chi connectivity index (χ4v) is 1.11. The van der Waals surface area contributed by atoms with Crippen molar-refractivity contribution < 1.29 is 14.6 Å². The second kappa shape index (κ2) is 4.57. The lowest BCUT2D eigenvalue weighted by Gasteiger charge is -2.23. The largest absolute Gasteiger partial charge is 0.460 e. The van der Waals surface area contributed by atoms with Crippen molar-refractivity contribution in [3.63, 3.8) is 0 Å². The van der Waals surface area contributed by atoms with Crippen LogP contribution in [0.15, 0.2) is 12.2 Å². The van der Waals surface area contributed by atoms with E-state index >= 15 is 0 Å². The van der Waals surface area contributed by atoms with Gasteiger partial charge in [-0.15, -0.1) is 0 Å². The first-order valence-electron chi connectivity index (χ1n) is 4.26. The van der Waals surface area contributed by atoms with Gasteiger partial charge in [-0.1, -0.05) is 26.2 Å². The van der Waals surface area contributed by atoms with Crippen LogP contribution in [0.1, 0.15) is 6.92 Å². The molecule has 0 aliphatic heterocycles. The van der Waals surface area contributed by atoms with Crippen LogP contribution in [0.2, 0.25) is 19.6 Å². The Balaban J connectivity index is 3.91. The summed E-state index contributed by atoms with van der Waals surface area (Å²) < 4.78 is 4.84. The molecule has 0 aromatic heterocycles. The Morgan fingerprint density at radius 3 is 2.31 bits per heavy atom. The zero-order chi connectivity index (χ0) is 10.6. The number of aliphatic hydroxyl groups is 1. The lowest BCUT2D eigenvalue weighted by molar-refractivity contribution is -0.140. The van der Waals surface area contributed by atoms with Gasteiger partial charge in [-0.05, 0) is 6.92 Å². The molecule has 1 unspecified atom stereocenters. The normalized spacial score (nSPS) is 13.6. The topological polar surface area (TPSA) is 46.5 Å². The van der Waals surface area contributed by atoms with Gasteiger partial charge in [0.25, 0.3) is 0 Å². The summed E-state index contributed by atoms with van der Waals surface area (Å²) >= 11 is 0. The van der Waals surface area contributed by atoms with Crippen LogP contribution in [0, 0.1) is 0 Å². The first kappa shape index (κ1) is 12.4. The highest BCUT2D eigenvalue weighted by Crippen LogP contribution is 2.08. The zero-order valence-electron chi connectivity index (χ0n) is 8.76. The Hall–Kier alpha value is -0.613. The summed E-state index contributed by atoms with van der Waals surface area (Å²) in [5.74, 6) is -0.433. The summed E-state index contributed by atoms with van der Waals surface area (Å²) in [6.07, 6.45) is 0. The molecule has 1 atom stereocenters. The van der Waals surface area contributed by atoms with Crippen molar-refractivity contribution in [2.24, 2.45) is 0 Å². The van der Waals surface area contributed by atoms with Crippen molar-refractivity contribution in [1.82, 2.24) is 0 Å². The lowest BCUT2D eigenvalue weighted by Crippen LogP contribution is -2.41. The summed E-state index contributed by atoms with van der Waals surface area (Å²) in [4.78, 5) is 11.0. The van der Waals surface area contributed by atoms with E-state index in [9.17, 15) is 9.90 Å². The van der Waals surface area contributed by atoms with Gasteiger partial charge in [0.2, 0.25) is 0 Å². The van der Waals surface area contributed by atoms with E-state index in [1.54, 1.807) is 6.92 Å². The third-order valence-corrected chi connectivity index (χ3v) is 3.89. The van der Waals surface area contributed by atoms with Gasteiger partial charge in [-0.2, -0.15) is 0 Å². The van der Waals surface area contributed by atoms with Gasteiger partial charge in [0, 0.05) is 5.57 Å². The first-order chi connectivity index (χ1) is 5.75. The van der Waals surface area contributed by atoms with Gasteiger partial charge in [0.1, 0.15) is 6.61 Å². The van der Waals surface area contributed by atoms with Crippen LogP contribution in [0.25, 0.3) is 0 Å². The zero-order valence-corrected chi connectivity index (χ0v) is 9.76. The van der Waals surface area contributed by atoms with Crippen LogP contribution in [-0.4, -0.2) is 31.5 Å². The summed E-state index contributed by atoms with van der Waals surface area (Å²) in [7, 11) is -1.61. The fourth-order valence-electron chi connectivity index (χ4n) is 0.528. The Bertz CT molecular complexity index is 205. The van der Waals surface area contributed by atoms with Crippen LogP contribution in [0.3, 0.4) is 0 Å². The van der Waals surface area contributed by atoms with Gasteiger partial charge in [0.05, 0.1) is 13.8 Å². The molecule has 3 nitrogen and oxygen atoms in total. The molecule has 0 saturated carbocycles. The summed E-state index contributed by atoms with van der Waals surface area (Å²) in [6, 6.07) is 0. The number of ether oxygens (including phenoxy) is 1. The van der Waals surface area contributed by atoms with Gasteiger partial charge >= 0.3 is 5.97 Å². The third-order valence-electron chi connectivity index (χ3n) is 1.72. The molecule has 0 radical (unpaired) electrons. The van der Waals surface area contributed by atoms with E-state index in [1.165, 1.54) is 0 Å². The maximum Gasteiger partial charge on any atom is 0.333 e. The van der Waals surface area contributed by atoms with Crippen molar-refractivity contribution in [2.75, 3.05) is 6.61 Å². The maximum absolute atomic E-state index is 11.0. The number of carbonyl (C=O) groups is 1. The molecule has 76 valence electrons. The number of aliphatic hydroxyl groups excluding tert-OH is 1. The van der Waals surface area contributed by atoms with Crippen molar-refractivity contribution in [3.05, 3.63) is 12.2 Å². The number of rotatable bonds is 4. The summed E-state index contributed by atoms with van der Waals surface area (Å²) in [5.41, 5.74) is -0.140. The standard InChI is InChI=1S/C9H18O3Si/c1-7(2)9(11)12-6-8(10)13(3,4)5/h8,10H,1,6H2,2-5H3. The molecule has 13 heavy (non-hydrogen) atoms. The number of hydrogen-bond acceptors (Lipinski definition) is 3. The smallest absolute Gasteiger partial charge is 0.333 e. The van der Waals surface area contributed by atoms with Crippen LogP contribution in [0.4, 0.5) is 0 Å². The van der Waals surface area contributed by atoms with Gasteiger partial charge in [-0.25, -0.2) is 4.79 Å². The maximum atomic E-state index is 11.0. The molecule has 0 rings (SSSR count). The molecule has 0 heterocycles. The van der Waals surface area contributed by atoms with Crippen molar-refractivity contribution in [3.8, 4) is 0 Å². The lowest BCUT2D eigenvalue weighted by atomic mass is 10.4. The van der Waals surface area contributed by atoms with Gasteiger partial charge < -0.3 is 9.84 Å². The fraction of sp³-hybridized carbons (Fsp3) is 0.667. The van der Waals surface area contributed by atoms with Gasteiger partial charge in [0.15, 0.2) is 0 Å². The molecule has 0 aromatic carbocycles. The molecule has 0 bridgehead atoms. The van der Waals surface area contributed by atoms with Crippen LogP contribution in [-0.2, 0) is 9.53 Å². The minimum Gasteiger partial charge on any atom is -0.460 e.